The first kappa shape index (κ1) is 21.6. The van der Waals surface area contributed by atoms with Crippen LogP contribution in [0, 0.1) is 19.7 Å². The van der Waals surface area contributed by atoms with E-state index in [0.29, 0.717) is 11.3 Å². The number of ether oxygens (including phenoxy) is 1. The number of hydrogen-bond donors (Lipinski definition) is 2. The Labute approximate surface area is 177 Å². The fourth-order valence-electron chi connectivity index (χ4n) is 2.85. The van der Waals surface area contributed by atoms with Gasteiger partial charge in [0.1, 0.15) is 11.6 Å². The second-order valence-corrected chi connectivity index (χ2v) is 6.76. The molecule has 0 saturated heterocycles. The molecule has 2 N–H and O–H groups in total. The van der Waals surface area contributed by atoms with Gasteiger partial charge in [-0.15, -0.1) is 0 Å². The molecule has 0 aliphatic carbocycles. The lowest BCUT2D eigenvalue weighted by Crippen LogP contribution is -2.05. The van der Waals surface area contributed by atoms with Crippen molar-refractivity contribution in [2.75, 3.05) is 7.11 Å². The van der Waals surface area contributed by atoms with Crippen LogP contribution in [-0.4, -0.2) is 27.5 Å². The number of benzene rings is 2. The number of nitrogens with one attached hydrogen (secondary N) is 2. The Hall–Kier alpha value is -4.07. The third kappa shape index (κ3) is 5.51. The van der Waals surface area contributed by atoms with Gasteiger partial charge in [-0.1, -0.05) is 0 Å². The van der Waals surface area contributed by atoms with Gasteiger partial charge in [-0.05, 0) is 73.5 Å². The third-order valence-electron chi connectivity index (χ3n) is 4.50. The molecule has 0 amide bonds. The van der Waals surface area contributed by atoms with Crippen molar-refractivity contribution in [2.45, 2.75) is 13.8 Å². The predicted octanol–water partition coefficient (Wildman–Crippen LogP) is 3.64. The van der Waals surface area contributed by atoms with E-state index in [1.54, 1.807) is 38.3 Å². The first-order valence-corrected chi connectivity index (χ1v) is 9.40. The highest BCUT2D eigenvalue weighted by Gasteiger charge is 2.04. The average Bonchev–Trinajstić information content (AvgIpc) is 2.77. The summed E-state index contributed by atoms with van der Waals surface area (Å²) in [7, 11) is 1.64. The van der Waals surface area contributed by atoms with E-state index in [4.69, 9.17) is 4.74 Å². The van der Waals surface area contributed by atoms with Crippen LogP contribution in [0.25, 0.3) is 22.5 Å². The molecule has 2 heterocycles. The Kier molecular flexibility index (Phi) is 6.71. The van der Waals surface area contributed by atoms with E-state index in [9.17, 15) is 14.0 Å². The van der Waals surface area contributed by atoms with Crippen molar-refractivity contribution in [3.8, 4) is 28.3 Å². The molecule has 0 radical (unpaired) electrons. The van der Waals surface area contributed by atoms with Crippen LogP contribution in [-0.2, 0) is 0 Å². The molecule has 0 atom stereocenters. The topological polar surface area (TPSA) is 101 Å². The number of aromatic nitrogens is 4. The fraction of sp³-hybridized carbons (Fsp3) is 0.130. The summed E-state index contributed by atoms with van der Waals surface area (Å²) < 4.78 is 18.2. The second-order valence-electron chi connectivity index (χ2n) is 6.76. The van der Waals surface area contributed by atoms with Gasteiger partial charge in [-0.3, -0.25) is 9.59 Å². The summed E-state index contributed by atoms with van der Waals surface area (Å²) in [6.45, 7) is 3.65. The van der Waals surface area contributed by atoms with Gasteiger partial charge in [0.2, 0.25) is 0 Å². The number of H-pyrrole nitrogens is 2. The predicted molar refractivity (Wildman–Crippen MR) is 117 cm³/mol. The highest BCUT2D eigenvalue weighted by atomic mass is 19.1. The third-order valence-corrected chi connectivity index (χ3v) is 4.50. The Morgan fingerprint density at radius 1 is 0.742 bits per heavy atom. The largest absolute Gasteiger partial charge is 0.496 e. The molecule has 0 spiro atoms. The molecule has 8 heteroatoms. The number of rotatable bonds is 3. The van der Waals surface area contributed by atoms with E-state index in [-0.39, 0.29) is 16.9 Å². The number of aromatic amines is 2. The van der Waals surface area contributed by atoms with E-state index < -0.39 is 0 Å². The monoisotopic (exact) mass is 420 g/mol. The fourth-order valence-corrected chi connectivity index (χ4v) is 2.85. The second kappa shape index (κ2) is 9.62. The SMILES string of the molecule is COc1ccc(-c2ccc(=O)[nH]n2)cc1C.Cc1cc(-c2ccc(=O)[nH]n2)ccc1F. The lowest BCUT2D eigenvalue weighted by molar-refractivity contribution is 0.412. The number of aryl methyl sites for hydroxylation is 2. The van der Waals surface area contributed by atoms with Gasteiger partial charge in [0.15, 0.2) is 0 Å². The smallest absolute Gasteiger partial charge is 0.264 e. The summed E-state index contributed by atoms with van der Waals surface area (Å²) >= 11 is 0. The number of halogens is 1. The summed E-state index contributed by atoms with van der Waals surface area (Å²) in [5, 5.41) is 12.6. The van der Waals surface area contributed by atoms with Gasteiger partial charge in [-0.2, -0.15) is 10.2 Å². The Balaban J connectivity index is 0.000000176. The van der Waals surface area contributed by atoms with Crippen molar-refractivity contribution in [2.24, 2.45) is 0 Å². The average molecular weight is 420 g/mol. The van der Waals surface area contributed by atoms with Crippen LogP contribution < -0.4 is 15.9 Å². The summed E-state index contributed by atoms with van der Waals surface area (Å²) in [5.41, 5.74) is 4.24. The first-order chi connectivity index (χ1) is 14.9. The van der Waals surface area contributed by atoms with E-state index in [1.807, 2.05) is 25.1 Å². The summed E-state index contributed by atoms with van der Waals surface area (Å²) in [5.74, 6) is 0.594. The molecule has 4 aromatic rings. The molecular formula is C23H21FN4O3. The molecule has 2 aromatic heterocycles. The highest BCUT2D eigenvalue weighted by molar-refractivity contribution is 5.61. The van der Waals surface area contributed by atoms with Gasteiger partial charge in [-0.25, -0.2) is 14.6 Å². The lowest BCUT2D eigenvalue weighted by Gasteiger charge is -2.06. The number of nitrogens with zero attached hydrogens (tertiary/aromatic N) is 2. The van der Waals surface area contributed by atoms with Gasteiger partial charge < -0.3 is 4.74 Å². The molecule has 7 nitrogen and oxygen atoms in total. The maximum Gasteiger partial charge on any atom is 0.264 e. The molecule has 4 rings (SSSR count). The van der Waals surface area contributed by atoms with E-state index in [0.717, 1.165) is 28.1 Å². The van der Waals surface area contributed by atoms with Gasteiger partial charge in [0.05, 0.1) is 18.5 Å². The van der Waals surface area contributed by atoms with Crippen molar-refractivity contribution in [1.29, 1.82) is 0 Å². The molecular weight excluding hydrogens is 399 g/mol. The van der Waals surface area contributed by atoms with Crippen molar-refractivity contribution < 1.29 is 9.13 Å². The maximum absolute atomic E-state index is 13.0. The van der Waals surface area contributed by atoms with Crippen LogP contribution in [0.15, 0.2) is 70.3 Å². The Morgan fingerprint density at radius 2 is 1.26 bits per heavy atom. The van der Waals surface area contributed by atoms with Crippen molar-refractivity contribution in [3.63, 3.8) is 0 Å². The Morgan fingerprint density at radius 3 is 1.68 bits per heavy atom. The quantitative estimate of drug-likeness (QED) is 0.527. The van der Waals surface area contributed by atoms with Crippen LogP contribution >= 0.6 is 0 Å². The molecule has 0 unspecified atom stereocenters. The van der Waals surface area contributed by atoms with Crippen molar-refractivity contribution in [3.05, 3.63) is 98.3 Å². The van der Waals surface area contributed by atoms with E-state index in [1.165, 1.54) is 18.2 Å². The summed E-state index contributed by atoms with van der Waals surface area (Å²) in [6, 6.07) is 16.6. The molecule has 0 bridgehead atoms. The van der Waals surface area contributed by atoms with Crippen LogP contribution in [0.3, 0.4) is 0 Å². The molecule has 31 heavy (non-hydrogen) atoms. The van der Waals surface area contributed by atoms with E-state index >= 15 is 0 Å². The van der Waals surface area contributed by atoms with Gasteiger partial charge in [0, 0.05) is 23.3 Å². The molecule has 0 aliphatic rings. The number of hydrogen-bond acceptors (Lipinski definition) is 5. The molecule has 158 valence electrons. The van der Waals surface area contributed by atoms with Crippen LogP contribution in [0.4, 0.5) is 4.39 Å². The molecule has 0 aliphatic heterocycles. The minimum Gasteiger partial charge on any atom is -0.496 e. The summed E-state index contributed by atoms with van der Waals surface area (Å²) in [4.78, 5) is 21.7. The Bertz CT molecular complexity index is 1270. The van der Waals surface area contributed by atoms with Gasteiger partial charge >= 0.3 is 0 Å². The van der Waals surface area contributed by atoms with Crippen LogP contribution in [0.5, 0.6) is 5.75 Å². The minimum absolute atomic E-state index is 0.200. The van der Waals surface area contributed by atoms with Crippen LogP contribution in [0.1, 0.15) is 11.1 Å². The molecule has 0 saturated carbocycles. The molecule has 2 aromatic carbocycles. The van der Waals surface area contributed by atoms with Crippen molar-refractivity contribution in [1.82, 2.24) is 20.4 Å². The minimum atomic E-state index is -0.252. The first-order valence-electron chi connectivity index (χ1n) is 9.40. The maximum atomic E-state index is 13.0. The summed E-state index contributed by atoms with van der Waals surface area (Å²) in [6.07, 6.45) is 0. The lowest BCUT2D eigenvalue weighted by atomic mass is 10.1. The zero-order valence-electron chi connectivity index (χ0n) is 17.3. The standard InChI is InChI=1S/C12H12N2O2.C11H9FN2O/c1-8-7-9(3-5-11(8)16-2)10-4-6-12(15)14-13-10;1-7-6-8(2-3-9(7)12)10-4-5-11(15)14-13-10/h3-7H,1-2H3,(H,14,15);2-6H,1H3,(H,14,15). The van der Waals surface area contributed by atoms with E-state index in [2.05, 4.69) is 20.4 Å². The molecule has 0 fully saturated rings. The highest BCUT2D eigenvalue weighted by Crippen LogP contribution is 2.24. The van der Waals surface area contributed by atoms with Gasteiger partial charge in [0.25, 0.3) is 11.1 Å². The van der Waals surface area contributed by atoms with Crippen LogP contribution in [0.2, 0.25) is 0 Å². The zero-order valence-corrected chi connectivity index (χ0v) is 17.3. The van der Waals surface area contributed by atoms with Crippen molar-refractivity contribution >= 4 is 0 Å². The normalized spacial score (nSPS) is 10.2. The number of methoxy groups -OCH3 is 1. The zero-order chi connectivity index (χ0) is 22.4.